The molecule has 1 rings (SSSR count). The van der Waals surface area contributed by atoms with Crippen molar-refractivity contribution < 1.29 is 9.90 Å². The second-order valence-corrected chi connectivity index (χ2v) is 4.47. The molecule has 88 valence electrons. The van der Waals surface area contributed by atoms with Crippen molar-refractivity contribution >= 4 is 5.91 Å². The SMILES string of the molecule is CC(C)NCCC(=O)N1CCC(O)CC1. The van der Waals surface area contributed by atoms with Crippen LogP contribution in [0.3, 0.4) is 0 Å². The van der Waals surface area contributed by atoms with Crippen LogP contribution in [0.15, 0.2) is 0 Å². The minimum atomic E-state index is -0.206. The van der Waals surface area contributed by atoms with E-state index >= 15 is 0 Å². The Balaban J connectivity index is 2.17. The third-order valence-electron chi connectivity index (χ3n) is 2.71. The molecule has 15 heavy (non-hydrogen) atoms. The highest BCUT2D eigenvalue weighted by atomic mass is 16.3. The number of hydrogen-bond acceptors (Lipinski definition) is 3. The number of hydrogen-bond donors (Lipinski definition) is 2. The van der Waals surface area contributed by atoms with Gasteiger partial charge in [-0.25, -0.2) is 0 Å². The van der Waals surface area contributed by atoms with Crippen LogP contribution in [-0.2, 0) is 4.79 Å². The second-order valence-electron chi connectivity index (χ2n) is 4.47. The predicted octanol–water partition coefficient (Wildman–Crippen LogP) is 0.358. The quantitative estimate of drug-likeness (QED) is 0.710. The van der Waals surface area contributed by atoms with Gasteiger partial charge in [0.05, 0.1) is 6.10 Å². The van der Waals surface area contributed by atoms with E-state index in [1.165, 1.54) is 0 Å². The van der Waals surface area contributed by atoms with E-state index in [4.69, 9.17) is 0 Å². The van der Waals surface area contributed by atoms with Crippen LogP contribution < -0.4 is 5.32 Å². The Morgan fingerprint density at radius 2 is 2.07 bits per heavy atom. The topological polar surface area (TPSA) is 52.6 Å². The van der Waals surface area contributed by atoms with Crippen LogP contribution in [0, 0.1) is 0 Å². The number of rotatable bonds is 4. The van der Waals surface area contributed by atoms with Crippen molar-refractivity contribution in [3.05, 3.63) is 0 Å². The maximum atomic E-state index is 11.7. The van der Waals surface area contributed by atoms with Crippen LogP contribution in [0.5, 0.6) is 0 Å². The number of likely N-dealkylation sites (tertiary alicyclic amines) is 1. The Hall–Kier alpha value is -0.610. The maximum absolute atomic E-state index is 11.7. The molecule has 1 aliphatic heterocycles. The summed E-state index contributed by atoms with van der Waals surface area (Å²) in [5.74, 6) is 0.204. The first-order valence-electron chi connectivity index (χ1n) is 5.79. The fourth-order valence-corrected chi connectivity index (χ4v) is 1.74. The number of nitrogens with zero attached hydrogens (tertiary/aromatic N) is 1. The number of carbonyl (C=O) groups is 1. The van der Waals surface area contributed by atoms with E-state index in [1.807, 2.05) is 4.90 Å². The average Bonchev–Trinajstić information content (AvgIpc) is 2.18. The fraction of sp³-hybridized carbons (Fsp3) is 0.909. The monoisotopic (exact) mass is 214 g/mol. The summed E-state index contributed by atoms with van der Waals surface area (Å²) in [4.78, 5) is 13.5. The Labute approximate surface area is 91.6 Å². The Morgan fingerprint density at radius 3 is 2.60 bits per heavy atom. The summed E-state index contributed by atoms with van der Waals surface area (Å²) >= 11 is 0. The summed E-state index contributed by atoms with van der Waals surface area (Å²) in [6, 6.07) is 0.431. The molecule has 0 aromatic heterocycles. The zero-order chi connectivity index (χ0) is 11.3. The molecule has 2 N–H and O–H groups in total. The first-order valence-corrected chi connectivity index (χ1v) is 5.79. The molecule has 0 atom stereocenters. The van der Waals surface area contributed by atoms with Gasteiger partial charge < -0.3 is 15.3 Å². The smallest absolute Gasteiger partial charge is 0.223 e. The van der Waals surface area contributed by atoms with Gasteiger partial charge in [0, 0.05) is 32.1 Å². The van der Waals surface area contributed by atoms with E-state index in [0.29, 0.717) is 25.6 Å². The largest absolute Gasteiger partial charge is 0.393 e. The molecule has 0 radical (unpaired) electrons. The minimum absolute atomic E-state index is 0.204. The van der Waals surface area contributed by atoms with Gasteiger partial charge >= 0.3 is 0 Å². The molecular weight excluding hydrogens is 192 g/mol. The maximum Gasteiger partial charge on any atom is 0.223 e. The van der Waals surface area contributed by atoms with Crippen LogP contribution in [0.4, 0.5) is 0 Å². The van der Waals surface area contributed by atoms with Gasteiger partial charge in [-0.3, -0.25) is 4.79 Å². The van der Waals surface area contributed by atoms with E-state index in [-0.39, 0.29) is 12.0 Å². The average molecular weight is 214 g/mol. The third-order valence-corrected chi connectivity index (χ3v) is 2.71. The van der Waals surface area contributed by atoms with Crippen LogP contribution in [0.2, 0.25) is 0 Å². The number of amides is 1. The summed E-state index contributed by atoms with van der Waals surface area (Å²) < 4.78 is 0. The first kappa shape index (κ1) is 12.5. The summed E-state index contributed by atoms with van der Waals surface area (Å²) in [5.41, 5.74) is 0. The van der Waals surface area contributed by atoms with Crippen molar-refractivity contribution in [1.29, 1.82) is 0 Å². The lowest BCUT2D eigenvalue weighted by atomic mass is 10.1. The third kappa shape index (κ3) is 4.62. The van der Waals surface area contributed by atoms with Crippen LogP contribution in [-0.4, -0.2) is 47.7 Å². The van der Waals surface area contributed by atoms with E-state index in [1.54, 1.807) is 0 Å². The lowest BCUT2D eigenvalue weighted by Gasteiger charge is -2.29. The van der Waals surface area contributed by atoms with Crippen molar-refractivity contribution in [2.45, 2.75) is 45.3 Å². The van der Waals surface area contributed by atoms with Crippen molar-refractivity contribution in [3.8, 4) is 0 Å². The number of aliphatic hydroxyl groups is 1. The summed E-state index contributed by atoms with van der Waals surface area (Å²) in [7, 11) is 0. The highest BCUT2D eigenvalue weighted by molar-refractivity contribution is 5.76. The predicted molar refractivity (Wildman–Crippen MR) is 59.6 cm³/mol. The van der Waals surface area contributed by atoms with Crippen molar-refractivity contribution in [2.24, 2.45) is 0 Å². The number of nitrogens with one attached hydrogen (secondary N) is 1. The van der Waals surface area contributed by atoms with Gasteiger partial charge in [0.25, 0.3) is 0 Å². The van der Waals surface area contributed by atoms with E-state index in [0.717, 1.165) is 19.4 Å². The highest BCUT2D eigenvalue weighted by Crippen LogP contribution is 2.10. The van der Waals surface area contributed by atoms with Gasteiger partial charge in [0.1, 0.15) is 0 Å². The van der Waals surface area contributed by atoms with Crippen molar-refractivity contribution in [2.75, 3.05) is 19.6 Å². The van der Waals surface area contributed by atoms with E-state index in [2.05, 4.69) is 19.2 Å². The molecule has 1 amide bonds. The summed E-state index contributed by atoms with van der Waals surface area (Å²) in [6.07, 6.45) is 1.81. The molecule has 0 aromatic rings. The lowest BCUT2D eigenvalue weighted by Crippen LogP contribution is -2.41. The number of aliphatic hydroxyl groups excluding tert-OH is 1. The van der Waals surface area contributed by atoms with Gasteiger partial charge in [0.2, 0.25) is 5.91 Å². The Morgan fingerprint density at radius 1 is 1.47 bits per heavy atom. The van der Waals surface area contributed by atoms with E-state index < -0.39 is 0 Å². The normalized spacial score (nSPS) is 18.5. The zero-order valence-corrected chi connectivity index (χ0v) is 9.70. The molecule has 1 fully saturated rings. The molecule has 0 unspecified atom stereocenters. The molecule has 4 nitrogen and oxygen atoms in total. The summed E-state index contributed by atoms with van der Waals surface area (Å²) in [6.45, 7) is 6.31. The molecule has 1 heterocycles. The lowest BCUT2D eigenvalue weighted by molar-refractivity contribution is -0.133. The second kappa shape index (κ2) is 6.08. The summed E-state index contributed by atoms with van der Waals surface area (Å²) in [5, 5.41) is 12.5. The molecule has 1 aliphatic rings. The Bertz CT molecular complexity index is 199. The van der Waals surface area contributed by atoms with Crippen molar-refractivity contribution in [3.63, 3.8) is 0 Å². The molecule has 0 saturated carbocycles. The Kier molecular flexibility index (Phi) is 5.05. The first-order chi connectivity index (χ1) is 7.09. The van der Waals surface area contributed by atoms with Crippen molar-refractivity contribution in [1.82, 2.24) is 10.2 Å². The number of piperidine rings is 1. The minimum Gasteiger partial charge on any atom is -0.393 e. The zero-order valence-electron chi connectivity index (χ0n) is 9.70. The van der Waals surface area contributed by atoms with Gasteiger partial charge in [-0.05, 0) is 12.8 Å². The van der Waals surface area contributed by atoms with Crippen LogP contribution in [0.25, 0.3) is 0 Å². The van der Waals surface area contributed by atoms with Crippen LogP contribution >= 0.6 is 0 Å². The molecule has 4 heteroatoms. The fourth-order valence-electron chi connectivity index (χ4n) is 1.74. The molecular formula is C11H22N2O2. The van der Waals surface area contributed by atoms with Crippen LogP contribution in [0.1, 0.15) is 33.1 Å². The van der Waals surface area contributed by atoms with Gasteiger partial charge in [-0.1, -0.05) is 13.8 Å². The van der Waals surface area contributed by atoms with Gasteiger partial charge in [-0.2, -0.15) is 0 Å². The highest BCUT2D eigenvalue weighted by Gasteiger charge is 2.20. The van der Waals surface area contributed by atoms with Gasteiger partial charge in [0.15, 0.2) is 0 Å². The number of carbonyl (C=O) groups excluding carboxylic acids is 1. The molecule has 0 bridgehead atoms. The standard InChI is InChI=1S/C11H22N2O2/c1-9(2)12-6-3-11(15)13-7-4-10(14)5-8-13/h9-10,12,14H,3-8H2,1-2H3. The van der Waals surface area contributed by atoms with E-state index in [9.17, 15) is 9.90 Å². The molecule has 0 spiro atoms. The molecule has 1 saturated heterocycles. The van der Waals surface area contributed by atoms with Gasteiger partial charge in [-0.15, -0.1) is 0 Å². The molecule has 0 aromatic carbocycles. The molecule has 0 aliphatic carbocycles.